The molecule has 3 rings (SSSR count). The van der Waals surface area contributed by atoms with Crippen molar-refractivity contribution in [2.75, 3.05) is 23.7 Å². The van der Waals surface area contributed by atoms with Crippen LogP contribution in [-0.2, 0) is 21.2 Å². The molecule has 0 spiro atoms. The van der Waals surface area contributed by atoms with Gasteiger partial charge in [0.2, 0.25) is 15.9 Å². The van der Waals surface area contributed by atoms with E-state index in [4.69, 9.17) is 0 Å². The number of anilines is 2. The first kappa shape index (κ1) is 20.4. The molecule has 7 heteroatoms. The van der Waals surface area contributed by atoms with Crippen LogP contribution in [0.25, 0.3) is 0 Å². The number of hydrogen-bond acceptors (Lipinski definition) is 4. The molecular weight excluding hydrogens is 374 g/mol. The second-order valence-electron chi connectivity index (χ2n) is 7.04. The summed E-state index contributed by atoms with van der Waals surface area (Å²) in [6, 6.07) is 13.9. The summed E-state index contributed by atoms with van der Waals surface area (Å²) >= 11 is 0. The molecule has 0 unspecified atom stereocenters. The van der Waals surface area contributed by atoms with Crippen molar-refractivity contribution < 1.29 is 13.2 Å². The van der Waals surface area contributed by atoms with Gasteiger partial charge in [-0.2, -0.15) is 4.31 Å². The lowest BCUT2D eigenvalue weighted by Gasteiger charge is -2.17. The molecule has 2 N–H and O–H groups in total. The molecule has 0 aromatic heterocycles. The average Bonchev–Trinajstić information content (AvgIpc) is 3.24. The van der Waals surface area contributed by atoms with E-state index in [9.17, 15) is 13.2 Å². The molecule has 6 nitrogen and oxygen atoms in total. The molecular formula is C21H27N3O3S. The van der Waals surface area contributed by atoms with Crippen LogP contribution in [0.5, 0.6) is 0 Å². The highest BCUT2D eigenvalue weighted by Gasteiger charge is 2.27. The molecule has 0 bridgehead atoms. The maximum absolute atomic E-state index is 12.6. The predicted octanol–water partition coefficient (Wildman–Crippen LogP) is 3.47. The molecule has 1 heterocycles. The number of carbonyl (C=O) groups is 1. The van der Waals surface area contributed by atoms with Crippen LogP contribution >= 0.6 is 0 Å². The Bertz CT molecular complexity index is 920. The number of nitrogens with one attached hydrogen (secondary N) is 2. The average molecular weight is 402 g/mol. The van der Waals surface area contributed by atoms with Crippen LogP contribution in [0.15, 0.2) is 53.4 Å². The maximum atomic E-state index is 12.6. The number of nitrogens with zero attached hydrogens (tertiary/aromatic N) is 1. The number of hydrogen-bond donors (Lipinski definition) is 2. The van der Waals surface area contributed by atoms with Crippen molar-refractivity contribution in [1.29, 1.82) is 0 Å². The van der Waals surface area contributed by atoms with E-state index in [1.54, 1.807) is 31.2 Å². The van der Waals surface area contributed by atoms with Crippen molar-refractivity contribution in [1.82, 2.24) is 4.31 Å². The monoisotopic (exact) mass is 401 g/mol. The second-order valence-corrected chi connectivity index (χ2v) is 8.98. The van der Waals surface area contributed by atoms with Gasteiger partial charge in [0.1, 0.15) is 6.04 Å². The van der Waals surface area contributed by atoms with Crippen molar-refractivity contribution in [3.05, 3.63) is 54.1 Å². The Balaban J connectivity index is 1.62. The van der Waals surface area contributed by atoms with E-state index in [1.165, 1.54) is 9.87 Å². The van der Waals surface area contributed by atoms with Gasteiger partial charge in [-0.05, 0) is 68.1 Å². The van der Waals surface area contributed by atoms with Gasteiger partial charge < -0.3 is 10.6 Å². The lowest BCUT2D eigenvalue weighted by Crippen LogP contribution is -2.32. The molecule has 150 valence electrons. The zero-order chi connectivity index (χ0) is 20.1. The minimum Gasteiger partial charge on any atom is -0.374 e. The summed E-state index contributed by atoms with van der Waals surface area (Å²) in [5.41, 5.74) is 2.67. The first-order valence-corrected chi connectivity index (χ1v) is 11.1. The van der Waals surface area contributed by atoms with Gasteiger partial charge in [0.05, 0.1) is 4.90 Å². The third-order valence-electron chi connectivity index (χ3n) is 4.94. The molecule has 1 atom stereocenters. The van der Waals surface area contributed by atoms with Gasteiger partial charge in [-0.1, -0.05) is 19.1 Å². The Morgan fingerprint density at radius 1 is 1.07 bits per heavy atom. The third-order valence-corrected chi connectivity index (χ3v) is 6.85. The van der Waals surface area contributed by atoms with Gasteiger partial charge in [0.25, 0.3) is 0 Å². The fourth-order valence-corrected chi connectivity index (χ4v) is 4.75. The molecule has 1 amide bonds. The number of amides is 1. The molecule has 1 aliphatic heterocycles. The van der Waals surface area contributed by atoms with Crippen molar-refractivity contribution in [2.24, 2.45) is 0 Å². The zero-order valence-electron chi connectivity index (χ0n) is 16.3. The van der Waals surface area contributed by atoms with Gasteiger partial charge in [0.15, 0.2) is 0 Å². The Kier molecular flexibility index (Phi) is 6.36. The van der Waals surface area contributed by atoms with E-state index < -0.39 is 16.1 Å². The van der Waals surface area contributed by atoms with Gasteiger partial charge in [0, 0.05) is 24.5 Å². The highest BCUT2D eigenvalue weighted by atomic mass is 32.2. The molecule has 0 aliphatic carbocycles. The third kappa shape index (κ3) is 4.72. The number of aryl methyl sites for hydroxylation is 1. The molecule has 1 aliphatic rings. The summed E-state index contributed by atoms with van der Waals surface area (Å²) in [5, 5.41) is 6.02. The molecule has 0 saturated carbocycles. The smallest absolute Gasteiger partial charge is 0.246 e. The van der Waals surface area contributed by atoms with Crippen LogP contribution in [0.2, 0.25) is 0 Å². The Morgan fingerprint density at radius 3 is 2.39 bits per heavy atom. The fraction of sp³-hybridized carbons (Fsp3) is 0.381. The summed E-state index contributed by atoms with van der Waals surface area (Å²) in [6.45, 7) is 5.02. The van der Waals surface area contributed by atoms with Crippen molar-refractivity contribution in [2.45, 2.75) is 44.0 Å². The highest BCUT2D eigenvalue weighted by Crippen LogP contribution is 2.22. The van der Waals surface area contributed by atoms with Crippen molar-refractivity contribution in [3.63, 3.8) is 0 Å². The Morgan fingerprint density at radius 2 is 1.75 bits per heavy atom. The van der Waals surface area contributed by atoms with E-state index in [0.717, 1.165) is 24.9 Å². The molecule has 2 aromatic rings. The van der Waals surface area contributed by atoms with Gasteiger partial charge in [-0.3, -0.25) is 4.79 Å². The molecule has 0 radical (unpaired) electrons. The van der Waals surface area contributed by atoms with E-state index in [2.05, 4.69) is 17.6 Å². The number of carbonyl (C=O) groups excluding carboxylic acids is 1. The zero-order valence-corrected chi connectivity index (χ0v) is 17.1. The summed E-state index contributed by atoms with van der Waals surface area (Å²) in [6.07, 6.45) is 2.74. The van der Waals surface area contributed by atoms with E-state index in [0.29, 0.717) is 18.8 Å². The van der Waals surface area contributed by atoms with Gasteiger partial charge in [-0.25, -0.2) is 8.42 Å². The Hall–Kier alpha value is -2.38. The normalized spacial score (nSPS) is 15.9. The van der Waals surface area contributed by atoms with Crippen LogP contribution in [-0.4, -0.2) is 37.8 Å². The summed E-state index contributed by atoms with van der Waals surface area (Å²) in [7, 11) is -3.44. The predicted molar refractivity (Wildman–Crippen MR) is 112 cm³/mol. The summed E-state index contributed by atoms with van der Waals surface area (Å²) in [5.74, 6) is -0.183. The van der Waals surface area contributed by atoms with Crippen molar-refractivity contribution in [3.8, 4) is 0 Å². The second kappa shape index (κ2) is 8.75. The minimum absolute atomic E-state index is 0.183. The first-order chi connectivity index (χ1) is 13.4. The topological polar surface area (TPSA) is 78.5 Å². The first-order valence-electron chi connectivity index (χ1n) is 9.66. The quantitative estimate of drug-likeness (QED) is 0.745. The number of sulfonamides is 1. The number of rotatable bonds is 7. The Labute approximate surface area is 167 Å². The molecule has 2 aromatic carbocycles. The highest BCUT2D eigenvalue weighted by molar-refractivity contribution is 7.89. The molecule has 1 fully saturated rings. The van der Waals surface area contributed by atoms with Crippen LogP contribution in [0.4, 0.5) is 11.4 Å². The van der Waals surface area contributed by atoms with Crippen LogP contribution in [0, 0.1) is 0 Å². The lowest BCUT2D eigenvalue weighted by atomic mass is 10.1. The molecule has 1 saturated heterocycles. The standard InChI is InChI=1S/C21H27N3O3S/c1-3-17-7-6-8-19(15-17)22-16(2)21(25)23-18-9-11-20(12-10-18)28(26,27)24-13-4-5-14-24/h6-12,15-16,22H,3-5,13-14H2,1-2H3,(H,23,25)/t16-/m0/s1. The summed E-state index contributed by atoms with van der Waals surface area (Å²) < 4.78 is 26.6. The maximum Gasteiger partial charge on any atom is 0.246 e. The van der Waals surface area contributed by atoms with Crippen LogP contribution < -0.4 is 10.6 Å². The van der Waals surface area contributed by atoms with E-state index in [-0.39, 0.29) is 10.8 Å². The number of benzene rings is 2. The van der Waals surface area contributed by atoms with Gasteiger partial charge in [-0.15, -0.1) is 0 Å². The van der Waals surface area contributed by atoms with Crippen molar-refractivity contribution >= 4 is 27.3 Å². The molecule has 28 heavy (non-hydrogen) atoms. The van der Waals surface area contributed by atoms with E-state index in [1.807, 2.05) is 24.3 Å². The lowest BCUT2D eigenvalue weighted by molar-refractivity contribution is -0.116. The largest absolute Gasteiger partial charge is 0.374 e. The van der Waals surface area contributed by atoms with Crippen LogP contribution in [0.1, 0.15) is 32.3 Å². The summed E-state index contributed by atoms with van der Waals surface area (Å²) in [4.78, 5) is 12.7. The van der Waals surface area contributed by atoms with E-state index >= 15 is 0 Å². The minimum atomic E-state index is -3.44. The fourth-order valence-electron chi connectivity index (χ4n) is 3.23. The van der Waals surface area contributed by atoms with Crippen LogP contribution in [0.3, 0.4) is 0 Å². The van der Waals surface area contributed by atoms with Gasteiger partial charge >= 0.3 is 0 Å². The SMILES string of the molecule is CCc1cccc(N[C@@H](C)C(=O)Nc2ccc(S(=O)(=O)N3CCCC3)cc2)c1.